The summed E-state index contributed by atoms with van der Waals surface area (Å²) >= 11 is 0. The first kappa shape index (κ1) is 55.3. The van der Waals surface area contributed by atoms with Crippen LogP contribution >= 0.6 is 0 Å². The van der Waals surface area contributed by atoms with Crippen LogP contribution in [0.1, 0.15) is 133 Å². The molecule has 0 aliphatic carbocycles. The number of carbonyl (C=O) groups excluding carboxylic acids is 3. The van der Waals surface area contributed by atoms with Gasteiger partial charge in [-0.05, 0) is 121 Å². The number of aromatic hydroxyl groups is 2. The lowest BCUT2D eigenvalue weighted by molar-refractivity contribution is -0.121. The maximum absolute atomic E-state index is 13.6. The van der Waals surface area contributed by atoms with Crippen LogP contribution in [0.5, 0.6) is 28.7 Å². The number of phenolic OH excluding ortho intramolecular Hbond substituents is 2. The predicted molar refractivity (Wildman–Crippen MR) is 321 cm³/mol. The highest BCUT2D eigenvalue weighted by atomic mass is 16.6. The van der Waals surface area contributed by atoms with Gasteiger partial charge in [0.05, 0.1) is 41.0 Å². The Kier molecular flexibility index (Phi) is 14.5. The van der Waals surface area contributed by atoms with E-state index in [4.69, 9.17) is 14.2 Å². The molecule has 2 fully saturated rings. The van der Waals surface area contributed by atoms with Crippen molar-refractivity contribution in [1.82, 2.24) is 31.5 Å². The van der Waals surface area contributed by atoms with E-state index >= 15 is 0 Å². The molecule has 0 saturated carbocycles. The third-order valence-electron chi connectivity index (χ3n) is 16.6. The summed E-state index contributed by atoms with van der Waals surface area (Å²) in [6.45, 7) is 20.0. The average molecular weight is 1130 g/mol. The zero-order chi connectivity index (χ0) is 58.0. The molecule has 1 spiro atoms. The van der Waals surface area contributed by atoms with Crippen molar-refractivity contribution in [2.45, 2.75) is 95.6 Å². The van der Waals surface area contributed by atoms with E-state index < -0.39 is 11.6 Å². The number of amides is 2. The number of likely N-dealkylation sites (N-methyl/N-ethyl adjacent to an activating group) is 1. The van der Waals surface area contributed by atoms with Crippen molar-refractivity contribution in [3.8, 4) is 28.7 Å². The van der Waals surface area contributed by atoms with Gasteiger partial charge in [0.1, 0.15) is 41.1 Å². The first-order valence-electron chi connectivity index (χ1n) is 28.9. The zero-order valence-electron chi connectivity index (χ0n) is 48.2. The molecular weight excluding hydrogens is 1050 g/mol. The number of esters is 1. The molecule has 2 saturated heterocycles. The minimum atomic E-state index is -1.42. The largest absolute Gasteiger partial charge is 0.508 e. The van der Waals surface area contributed by atoms with Crippen LogP contribution in [-0.2, 0) is 26.0 Å². The quantitative estimate of drug-likeness (QED) is 0.0342. The monoisotopic (exact) mass is 1130 g/mol. The fourth-order valence-electron chi connectivity index (χ4n) is 12.1. The molecule has 12 rings (SSSR count). The second kappa shape index (κ2) is 21.8. The lowest BCUT2D eigenvalue weighted by atomic mass is 9.77. The average Bonchev–Trinajstić information content (AvgIpc) is 1.78. The first-order valence-corrected chi connectivity index (χ1v) is 28.9. The van der Waals surface area contributed by atoms with Crippen molar-refractivity contribution in [1.29, 1.82) is 0 Å². The van der Waals surface area contributed by atoms with Crippen LogP contribution in [0.4, 0.5) is 28.4 Å². The Labute approximate surface area is 484 Å². The van der Waals surface area contributed by atoms with Crippen LogP contribution < -0.4 is 57.2 Å². The SMILES string of the molecule is CN1CCN(c2ccc3c(c2)NC(c2ccc4c(c2)NC(c2cc(C(C)(C)C)c(OCCCC(=O)NCCCN5CC(CNC(=O)c6ccc7c(c6)C(=O)OC76c7ccc(O)cc7Oc7cc(O)ccc76)NN5)c(C(C)(C)C)c2)N4)N3)CC1. The van der Waals surface area contributed by atoms with Gasteiger partial charge in [-0.2, -0.15) is 5.53 Å². The molecule has 19 nitrogen and oxygen atoms in total. The fourth-order valence-corrected chi connectivity index (χ4v) is 12.1. The number of hydrazine groups is 2. The number of hydrogen-bond donors (Lipinski definition) is 10. The summed E-state index contributed by atoms with van der Waals surface area (Å²) in [5.41, 5.74) is 16.7. The molecule has 2 amide bonds. The molecular formula is C64H75N11O8. The minimum Gasteiger partial charge on any atom is -0.508 e. The standard InChI is InChI=1S/C64H75N11O8/c1-62(2,3)48-29-39(59-68-50-19-12-37(31-52(50)69-59)58-67-51-20-13-41(32-53(51)70-58)74-25-23-73(7)24-26-74)30-49(63(4,5)6)57(48)81-27-8-10-56(78)65-21-9-22-75-36-40(71-72-75)35-66-60(79)38-11-16-45-44(28-38)61(80)83-64(45)46-17-14-42(76)33-54(46)82-55-34-43(77)15-18-47(55)64/h11-20,28-34,40,58-59,67-72,76-77H,8-10,21-27,35-36H2,1-7H3,(H,65,78)(H,66,79). The third-order valence-corrected chi connectivity index (χ3v) is 16.6. The summed E-state index contributed by atoms with van der Waals surface area (Å²) < 4.78 is 18.9. The number of rotatable bonds is 15. The van der Waals surface area contributed by atoms with E-state index in [2.05, 4.69) is 150 Å². The topological polar surface area (TPSA) is 225 Å². The van der Waals surface area contributed by atoms with Gasteiger partial charge >= 0.3 is 5.97 Å². The first-order chi connectivity index (χ1) is 39.8. The van der Waals surface area contributed by atoms with E-state index in [9.17, 15) is 24.6 Å². The summed E-state index contributed by atoms with van der Waals surface area (Å²) in [7, 11) is 2.18. The summed E-state index contributed by atoms with van der Waals surface area (Å²) in [6.07, 6.45) is 1.43. The van der Waals surface area contributed by atoms with E-state index in [0.717, 1.165) is 76.9 Å². The Morgan fingerprint density at radius 2 is 1.33 bits per heavy atom. The van der Waals surface area contributed by atoms with E-state index in [0.29, 0.717) is 74.3 Å². The van der Waals surface area contributed by atoms with E-state index in [1.165, 1.54) is 36.0 Å². The van der Waals surface area contributed by atoms with Crippen LogP contribution in [0.15, 0.2) is 103 Å². The zero-order valence-corrected chi connectivity index (χ0v) is 48.2. The smallest absolute Gasteiger partial charge is 0.340 e. The molecule has 3 unspecified atom stereocenters. The molecule has 6 aliphatic heterocycles. The Balaban J connectivity index is 0.597. The second-order valence-electron chi connectivity index (χ2n) is 24.8. The molecule has 0 aromatic heterocycles. The van der Waals surface area contributed by atoms with Crippen LogP contribution in [0, 0.1) is 0 Å². The molecule has 83 heavy (non-hydrogen) atoms. The highest BCUT2D eigenvalue weighted by Gasteiger charge is 2.54. The number of hydrogen-bond acceptors (Lipinski definition) is 17. The molecule has 6 aromatic rings. The van der Waals surface area contributed by atoms with Gasteiger partial charge in [0.15, 0.2) is 5.60 Å². The van der Waals surface area contributed by atoms with E-state index in [1.54, 1.807) is 24.3 Å². The van der Waals surface area contributed by atoms with Crippen molar-refractivity contribution in [3.05, 3.63) is 153 Å². The molecule has 19 heteroatoms. The molecule has 3 atom stereocenters. The highest BCUT2D eigenvalue weighted by molar-refractivity contribution is 6.02. The van der Waals surface area contributed by atoms with Gasteiger partial charge in [-0.25, -0.2) is 15.2 Å². The molecule has 6 aromatic carbocycles. The Bertz CT molecular complexity index is 3430. The summed E-state index contributed by atoms with van der Waals surface area (Å²) in [5.74, 6) is 0.365. The number of piperazine rings is 1. The highest BCUT2D eigenvalue weighted by Crippen LogP contribution is 2.57. The second-order valence-corrected chi connectivity index (χ2v) is 24.8. The number of benzene rings is 6. The van der Waals surface area contributed by atoms with Crippen molar-refractivity contribution in [3.63, 3.8) is 0 Å². The number of phenols is 2. The molecule has 434 valence electrons. The Morgan fingerprint density at radius 1 is 0.699 bits per heavy atom. The molecule has 0 radical (unpaired) electrons. The molecule has 6 heterocycles. The number of ether oxygens (including phenoxy) is 3. The lowest BCUT2D eigenvalue weighted by Crippen LogP contribution is -2.44. The van der Waals surface area contributed by atoms with Gasteiger partial charge in [0, 0.05) is 110 Å². The summed E-state index contributed by atoms with van der Waals surface area (Å²) in [6, 6.07) is 31.7. The van der Waals surface area contributed by atoms with Gasteiger partial charge in [-0.1, -0.05) is 53.7 Å². The van der Waals surface area contributed by atoms with Crippen molar-refractivity contribution >= 4 is 46.2 Å². The van der Waals surface area contributed by atoms with Crippen LogP contribution in [0.2, 0.25) is 0 Å². The summed E-state index contributed by atoms with van der Waals surface area (Å²) in [4.78, 5) is 45.0. The van der Waals surface area contributed by atoms with Crippen molar-refractivity contribution in [2.24, 2.45) is 0 Å². The van der Waals surface area contributed by atoms with E-state index in [-0.39, 0.29) is 69.6 Å². The molecule has 10 N–H and O–H groups in total. The minimum absolute atomic E-state index is 0.0254. The van der Waals surface area contributed by atoms with Crippen LogP contribution in [0.25, 0.3) is 0 Å². The van der Waals surface area contributed by atoms with Gasteiger partial charge in [0.2, 0.25) is 5.91 Å². The van der Waals surface area contributed by atoms with Crippen LogP contribution in [-0.4, -0.2) is 110 Å². The predicted octanol–water partition coefficient (Wildman–Crippen LogP) is 8.87. The molecule has 0 bridgehead atoms. The van der Waals surface area contributed by atoms with Gasteiger partial charge in [-0.3, -0.25) is 9.59 Å². The van der Waals surface area contributed by atoms with Gasteiger partial charge in [0.25, 0.3) is 5.91 Å². The molecule has 6 aliphatic rings. The Hall–Kier alpha value is -8.23. The fraction of sp³-hybridized carbons (Fsp3) is 0.391. The number of fused-ring (bicyclic) bond motifs is 8. The van der Waals surface area contributed by atoms with E-state index in [1.807, 2.05) is 5.01 Å². The van der Waals surface area contributed by atoms with Crippen molar-refractivity contribution < 1.29 is 38.8 Å². The normalized spacial score (nSPS) is 19.4. The third kappa shape index (κ3) is 11.0. The number of carbonyl (C=O) groups is 3. The lowest BCUT2D eigenvalue weighted by Gasteiger charge is -2.36. The van der Waals surface area contributed by atoms with Gasteiger partial charge in [-0.15, -0.1) is 0 Å². The number of nitrogens with one attached hydrogen (secondary N) is 8. The number of nitrogens with zero attached hydrogens (tertiary/aromatic N) is 3. The Morgan fingerprint density at radius 3 is 2.00 bits per heavy atom. The van der Waals surface area contributed by atoms with Gasteiger partial charge < -0.3 is 66.1 Å². The summed E-state index contributed by atoms with van der Waals surface area (Å²) in [5, 5.41) is 43.5. The van der Waals surface area contributed by atoms with Crippen molar-refractivity contribution in [2.75, 3.05) is 92.2 Å². The maximum Gasteiger partial charge on any atom is 0.340 e. The van der Waals surface area contributed by atoms with Crippen LogP contribution in [0.3, 0.4) is 0 Å². The maximum atomic E-state index is 13.6. The number of anilines is 5.